The molecule has 1 atom stereocenters. The molecule has 0 saturated carbocycles. The van der Waals surface area contributed by atoms with Crippen LogP contribution in [-0.4, -0.2) is 65.2 Å². The fourth-order valence-electron chi connectivity index (χ4n) is 1.75. The molecule has 0 bridgehead atoms. The van der Waals surface area contributed by atoms with Crippen LogP contribution in [0.5, 0.6) is 0 Å². The number of hydrogen-bond donors (Lipinski definition) is 3. The summed E-state index contributed by atoms with van der Waals surface area (Å²) in [6.45, 7) is 5.34. The molecule has 0 amide bonds. The summed E-state index contributed by atoms with van der Waals surface area (Å²) in [5.41, 5.74) is 0. The molecule has 1 unspecified atom stereocenters. The first-order valence-electron chi connectivity index (χ1n) is 6.33. The number of nitrogens with one attached hydrogen (secondary N) is 1. The highest BCUT2D eigenvalue weighted by Gasteiger charge is 2.20. The molecule has 0 fully saturated rings. The number of aliphatic hydroxyl groups is 2. The molecule has 0 aromatic carbocycles. The smallest absolute Gasteiger partial charge is 0.204 e. The maximum Gasteiger partial charge on any atom is 0.204 e. The number of aliphatic imine (C=N–C) groups is 2. The average molecular weight is 257 g/mol. The second-order valence-electron chi connectivity index (χ2n) is 4.08. The Morgan fingerprint density at radius 2 is 1.94 bits per heavy atom. The number of hydrogen-bond acceptors (Lipinski definition) is 7. The minimum Gasteiger partial charge on any atom is -0.381 e. The lowest BCUT2D eigenvalue weighted by Gasteiger charge is -2.30. The number of rotatable bonds is 7. The van der Waals surface area contributed by atoms with Gasteiger partial charge in [-0.05, 0) is 12.8 Å². The minimum atomic E-state index is -0.419. The molecule has 0 spiro atoms. The highest BCUT2D eigenvalue weighted by molar-refractivity contribution is 5.91. The topological polar surface area (TPSA) is 83.7 Å². The van der Waals surface area contributed by atoms with E-state index in [0.29, 0.717) is 5.96 Å². The predicted octanol–water partition coefficient (Wildman–Crippen LogP) is -0.419. The van der Waals surface area contributed by atoms with E-state index in [9.17, 15) is 10.2 Å². The van der Waals surface area contributed by atoms with Gasteiger partial charge in [0.1, 0.15) is 6.73 Å². The maximum atomic E-state index is 9.29. The van der Waals surface area contributed by atoms with E-state index in [1.807, 2.05) is 13.8 Å². The Bertz CT molecular complexity index is 295. The summed E-state index contributed by atoms with van der Waals surface area (Å²) in [4.78, 5) is 12.1. The van der Waals surface area contributed by atoms with Crippen molar-refractivity contribution in [2.75, 3.05) is 26.6 Å². The van der Waals surface area contributed by atoms with Gasteiger partial charge in [-0.1, -0.05) is 13.8 Å². The Labute approximate surface area is 108 Å². The summed E-state index contributed by atoms with van der Waals surface area (Å²) in [7, 11) is 0. The third kappa shape index (κ3) is 3.94. The third-order valence-electron chi connectivity index (χ3n) is 2.62. The van der Waals surface area contributed by atoms with Crippen LogP contribution in [0.15, 0.2) is 9.98 Å². The standard InChI is InChI=1S/C11H23N5O2/c1-3-5-15(8-17)10-12-7-13-11(14-10)16(9-18)6-4-2/h7,10,17-18H,3-6,8-9H2,1-2H3,(H,12,13,14). The molecule has 18 heavy (non-hydrogen) atoms. The monoisotopic (exact) mass is 257 g/mol. The van der Waals surface area contributed by atoms with Gasteiger partial charge >= 0.3 is 0 Å². The molecule has 104 valence electrons. The van der Waals surface area contributed by atoms with E-state index in [-0.39, 0.29) is 13.5 Å². The van der Waals surface area contributed by atoms with Crippen LogP contribution in [0.4, 0.5) is 0 Å². The van der Waals surface area contributed by atoms with Crippen LogP contribution in [-0.2, 0) is 0 Å². The number of nitrogens with zero attached hydrogens (tertiary/aromatic N) is 4. The SMILES string of the molecule is CCCN(CO)C1=NC(N(CO)CCC)N=CN1. The fraction of sp³-hybridized carbons (Fsp3) is 0.818. The quantitative estimate of drug-likeness (QED) is 0.540. The first-order valence-corrected chi connectivity index (χ1v) is 6.33. The van der Waals surface area contributed by atoms with Gasteiger partial charge in [-0.2, -0.15) is 0 Å². The van der Waals surface area contributed by atoms with Crippen molar-refractivity contribution in [3.05, 3.63) is 0 Å². The Kier molecular flexibility index (Phi) is 6.63. The zero-order valence-corrected chi connectivity index (χ0v) is 11.1. The van der Waals surface area contributed by atoms with Crippen molar-refractivity contribution in [2.24, 2.45) is 9.98 Å². The van der Waals surface area contributed by atoms with E-state index in [1.54, 1.807) is 16.1 Å². The number of guanidine groups is 1. The van der Waals surface area contributed by atoms with E-state index in [2.05, 4.69) is 15.3 Å². The molecule has 0 radical (unpaired) electrons. The van der Waals surface area contributed by atoms with Gasteiger partial charge in [0.05, 0.1) is 13.1 Å². The molecular formula is C11H23N5O2. The van der Waals surface area contributed by atoms with E-state index < -0.39 is 6.29 Å². The summed E-state index contributed by atoms with van der Waals surface area (Å²) in [5, 5.41) is 21.5. The fourth-order valence-corrected chi connectivity index (χ4v) is 1.75. The first kappa shape index (κ1) is 14.9. The van der Waals surface area contributed by atoms with Gasteiger partial charge in [-0.15, -0.1) is 0 Å². The number of aliphatic hydroxyl groups excluding tert-OH is 2. The van der Waals surface area contributed by atoms with Crippen LogP contribution in [0.25, 0.3) is 0 Å². The predicted molar refractivity (Wildman–Crippen MR) is 71.0 cm³/mol. The van der Waals surface area contributed by atoms with Crippen LogP contribution in [0.2, 0.25) is 0 Å². The molecule has 1 heterocycles. The molecule has 7 nitrogen and oxygen atoms in total. The van der Waals surface area contributed by atoms with Crippen molar-refractivity contribution in [3.63, 3.8) is 0 Å². The van der Waals surface area contributed by atoms with Crippen LogP contribution < -0.4 is 5.32 Å². The van der Waals surface area contributed by atoms with Gasteiger partial charge < -0.3 is 20.4 Å². The van der Waals surface area contributed by atoms with Crippen LogP contribution in [0.3, 0.4) is 0 Å². The largest absolute Gasteiger partial charge is 0.381 e. The first-order chi connectivity index (χ1) is 8.76. The molecule has 0 aromatic heterocycles. The highest BCUT2D eigenvalue weighted by Crippen LogP contribution is 2.07. The van der Waals surface area contributed by atoms with Crippen LogP contribution in [0.1, 0.15) is 26.7 Å². The summed E-state index contributed by atoms with van der Waals surface area (Å²) in [6, 6.07) is 0. The molecular weight excluding hydrogens is 234 g/mol. The summed E-state index contributed by atoms with van der Waals surface area (Å²) in [5.74, 6) is 0.592. The van der Waals surface area contributed by atoms with Crippen molar-refractivity contribution < 1.29 is 10.2 Å². The molecule has 1 aliphatic rings. The van der Waals surface area contributed by atoms with E-state index >= 15 is 0 Å². The maximum absolute atomic E-state index is 9.29. The Balaban J connectivity index is 2.72. The van der Waals surface area contributed by atoms with Crippen LogP contribution >= 0.6 is 0 Å². The van der Waals surface area contributed by atoms with Gasteiger partial charge in [0.25, 0.3) is 0 Å². The van der Waals surface area contributed by atoms with Crippen molar-refractivity contribution in [2.45, 2.75) is 33.0 Å². The van der Waals surface area contributed by atoms with E-state index in [1.165, 1.54) is 0 Å². The van der Waals surface area contributed by atoms with Crippen molar-refractivity contribution in [1.29, 1.82) is 0 Å². The van der Waals surface area contributed by atoms with Gasteiger partial charge in [-0.3, -0.25) is 0 Å². The lowest BCUT2D eigenvalue weighted by Crippen LogP contribution is -2.47. The van der Waals surface area contributed by atoms with Gasteiger partial charge in [0.15, 0.2) is 0 Å². The summed E-state index contributed by atoms with van der Waals surface area (Å²) >= 11 is 0. The Morgan fingerprint density at radius 3 is 2.50 bits per heavy atom. The van der Waals surface area contributed by atoms with Crippen LogP contribution in [0, 0.1) is 0 Å². The van der Waals surface area contributed by atoms with E-state index in [4.69, 9.17) is 0 Å². The molecule has 0 saturated heterocycles. The zero-order chi connectivity index (χ0) is 13.4. The van der Waals surface area contributed by atoms with Gasteiger partial charge in [0.2, 0.25) is 12.2 Å². The minimum absolute atomic E-state index is 0.0838. The summed E-state index contributed by atoms with van der Waals surface area (Å²) < 4.78 is 0. The normalized spacial score (nSPS) is 18.7. The Hall–Kier alpha value is -1.18. The highest BCUT2D eigenvalue weighted by atomic mass is 16.3. The molecule has 1 aliphatic heterocycles. The molecule has 7 heteroatoms. The lowest BCUT2D eigenvalue weighted by atomic mass is 10.4. The molecule has 0 aliphatic carbocycles. The van der Waals surface area contributed by atoms with E-state index in [0.717, 1.165) is 25.9 Å². The van der Waals surface area contributed by atoms with Crippen molar-refractivity contribution in [1.82, 2.24) is 15.1 Å². The Morgan fingerprint density at radius 1 is 1.22 bits per heavy atom. The molecule has 1 rings (SSSR count). The average Bonchev–Trinajstić information content (AvgIpc) is 2.42. The van der Waals surface area contributed by atoms with Crippen molar-refractivity contribution in [3.8, 4) is 0 Å². The van der Waals surface area contributed by atoms with Gasteiger partial charge in [0, 0.05) is 13.1 Å². The van der Waals surface area contributed by atoms with Gasteiger partial charge in [-0.25, -0.2) is 14.9 Å². The summed E-state index contributed by atoms with van der Waals surface area (Å²) in [6.07, 6.45) is 2.98. The lowest BCUT2D eigenvalue weighted by molar-refractivity contribution is 0.0717. The second kappa shape index (κ2) is 8.02. The molecule has 3 N–H and O–H groups in total. The third-order valence-corrected chi connectivity index (χ3v) is 2.62. The van der Waals surface area contributed by atoms with Crippen molar-refractivity contribution >= 4 is 12.3 Å². The second-order valence-corrected chi connectivity index (χ2v) is 4.08. The molecule has 0 aromatic rings. The zero-order valence-electron chi connectivity index (χ0n) is 11.1.